The summed E-state index contributed by atoms with van der Waals surface area (Å²) in [7, 11) is -3.85. The van der Waals surface area contributed by atoms with E-state index in [0.717, 1.165) is 5.01 Å². The van der Waals surface area contributed by atoms with Crippen molar-refractivity contribution in [3.63, 3.8) is 0 Å². The number of rotatable bonds is 5. The molecule has 2 aromatic carbocycles. The Morgan fingerprint density at radius 3 is 2.48 bits per heavy atom. The largest absolute Gasteiger partial charge is 0.478 e. The molecule has 0 bridgehead atoms. The number of nitrogens with two attached hydrogens (primary N) is 1. The van der Waals surface area contributed by atoms with Gasteiger partial charge in [0.1, 0.15) is 11.5 Å². The molecule has 0 spiro atoms. The number of hydrazone groups is 1. The van der Waals surface area contributed by atoms with E-state index in [1.54, 1.807) is 25.1 Å². The Morgan fingerprint density at radius 2 is 1.85 bits per heavy atom. The highest BCUT2D eigenvalue weighted by molar-refractivity contribution is 7.89. The molecule has 168 valence electrons. The summed E-state index contributed by atoms with van der Waals surface area (Å²) in [6.45, 7) is 1.66. The molecule has 4 rings (SSSR count). The molecule has 0 atom stereocenters. The number of sulfonamides is 1. The van der Waals surface area contributed by atoms with E-state index in [-0.39, 0.29) is 21.1 Å². The lowest BCUT2D eigenvalue weighted by molar-refractivity contribution is -0.114. The van der Waals surface area contributed by atoms with Crippen molar-refractivity contribution in [2.75, 3.05) is 5.01 Å². The van der Waals surface area contributed by atoms with Gasteiger partial charge in [-0.2, -0.15) is 10.1 Å². The van der Waals surface area contributed by atoms with Crippen molar-refractivity contribution in [1.29, 1.82) is 0 Å². The zero-order valence-electron chi connectivity index (χ0n) is 17.0. The fourth-order valence-electron chi connectivity index (χ4n) is 3.21. The minimum absolute atomic E-state index is 0.0523. The molecule has 1 amide bonds. The molecule has 0 unspecified atom stereocenters. The number of hydrogen-bond donors (Lipinski definition) is 2. The number of nitrogens with zero attached hydrogens (tertiary/aromatic N) is 2. The second-order valence-corrected chi connectivity index (χ2v) is 9.07. The van der Waals surface area contributed by atoms with Crippen molar-refractivity contribution in [3.8, 4) is 11.3 Å². The Morgan fingerprint density at radius 1 is 1.15 bits per heavy atom. The van der Waals surface area contributed by atoms with Gasteiger partial charge in [-0.25, -0.2) is 18.4 Å². The van der Waals surface area contributed by atoms with Gasteiger partial charge >= 0.3 is 5.97 Å². The van der Waals surface area contributed by atoms with Gasteiger partial charge in [-0.05, 0) is 67.6 Å². The molecule has 0 radical (unpaired) electrons. The molecule has 1 aromatic heterocycles. The number of hydrogen-bond acceptors (Lipinski definition) is 6. The van der Waals surface area contributed by atoms with Crippen molar-refractivity contribution in [1.82, 2.24) is 0 Å². The van der Waals surface area contributed by atoms with E-state index in [0.29, 0.717) is 28.5 Å². The Labute approximate surface area is 193 Å². The first-order valence-electron chi connectivity index (χ1n) is 9.42. The third kappa shape index (κ3) is 4.44. The van der Waals surface area contributed by atoms with E-state index in [1.165, 1.54) is 42.5 Å². The van der Waals surface area contributed by atoms with Crippen LogP contribution in [0, 0.1) is 0 Å². The lowest BCUT2D eigenvalue weighted by atomic mass is 10.1. The maximum Gasteiger partial charge on any atom is 0.337 e. The third-order valence-corrected chi connectivity index (χ3v) is 6.13. The fraction of sp³-hybridized carbons (Fsp3) is 0.0455. The predicted octanol–water partition coefficient (Wildman–Crippen LogP) is 3.75. The van der Waals surface area contributed by atoms with Crippen LogP contribution in [-0.4, -0.2) is 31.1 Å². The topological polar surface area (TPSA) is 143 Å². The van der Waals surface area contributed by atoms with E-state index in [2.05, 4.69) is 5.10 Å². The van der Waals surface area contributed by atoms with Crippen LogP contribution in [0.1, 0.15) is 23.0 Å². The van der Waals surface area contributed by atoms with Crippen LogP contribution in [0.15, 0.2) is 74.6 Å². The quantitative estimate of drug-likeness (QED) is 0.527. The molecule has 0 fully saturated rings. The number of carbonyl (C=O) groups is 2. The van der Waals surface area contributed by atoms with E-state index < -0.39 is 21.9 Å². The minimum atomic E-state index is -3.85. The number of benzene rings is 2. The molecule has 2 heterocycles. The van der Waals surface area contributed by atoms with Gasteiger partial charge in [-0.15, -0.1) is 0 Å². The summed E-state index contributed by atoms with van der Waals surface area (Å²) in [6, 6.07) is 13.2. The zero-order valence-corrected chi connectivity index (χ0v) is 18.6. The van der Waals surface area contributed by atoms with Crippen molar-refractivity contribution in [3.05, 3.63) is 76.5 Å². The highest BCUT2D eigenvalue weighted by atomic mass is 35.5. The smallest absolute Gasteiger partial charge is 0.337 e. The Balaban J connectivity index is 1.60. The van der Waals surface area contributed by atoms with Gasteiger partial charge in [0.15, 0.2) is 0 Å². The molecular formula is C22H16ClN3O6S. The van der Waals surface area contributed by atoms with Gasteiger partial charge < -0.3 is 9.52 Å². The molecule has 1 aliphatic heterocycles. The highest BCUT2D eigenvalue weighted by Gasteiger charge is 2.29. The first-order chi connectivity index (χ1) is 15.5. The van der Waals surface area contributed by atoms with Crippen LogP contribution in [0.2, 0.25) is 5.02 Å². The number of carboxylic acids is 1. The Bertz CT molecular complexity index is 1460. The van der Waals surface area contributed by atoms with E-state index in [1.807, 2.05) is 0 Å². The van der Waals surface area contributed by atoms with Crippen molar-refractivity contribution >= 4 is 51.0 Å². The summed E-state index contributed by atoms with van der Waals surface area (Å²) in [5.74, 6) is -0.817. The highest BCUT2D eigenvalue weighted by Crippen LogP contribution is 2.30. The second-order valence-electron chi connectivity index (χ2n) is 7.10. The third-order valence-electron chi connectivity index (χ3n) is 4.87. The number of halogens is 1. The predicted molar refractivity (Wildman–Crippen MR) is 123 cm³/mol. The maximum atomic E-state index is 12.9. The molecule has 11 heteroatoms. The Kier molecular flexibility index (Phi) is 5.66. The van der Waals surface area contributed by atoms with E-state index >= 15 is 0 Å². The number of anilines is 1. The van der Waals surface area contributed by atoms with Gasteiger partial charge in [-0.3, -0.25) is 4.79 Å². The van der Waals surface area contributed by atoms with Crippen molar-refractivity contribution in [2.45, 2.75) is 11.8 Å². The number of carbonyl (C=O) groups excluding carboxylic acids is 1. The van der Waals surface area contributed by atoms with Crippen LogP contribution >= 0.6 is 11.6 Å². The average Bonchev–Trinajstić information content (AvgIpc) is 3.33. The maximum absolute atomic E-state index is 12.9. The van der Waals surface area contributed by atoms with Crippen molar-refractivity contribution < 1.29 is 27.5 Å². The molecule has 3 N–H and O–H groups in total. The number of carboxylic acid groups (broad SMARTS) is 1. The SMILES string of the molecule is CC1=NN(c2ccc(S(N)(=O)=O)cc2)C(=O)/C1=C/c1ccc(-c2ccc(Cl)c(C(=O)O)c2)o1. The van der Waals surface area contributed by atoms with E-state index in [4.69, 9.17) is 21.2 Å². The molecule has 0 aliphatic carbocycles. The van der Waals surface area contributed by atoms with Gasteiger partial charge in [0, 0.05) is 5.56 Å². The molecule has 0 saturated carbocycles. The molecule has 1 aliphatic rings. The molecule has 33 heavy (non-hydrogen) atoms. The molecule has 0 saturated heterocycles. The molecule has 3 aromatic rings. The summed E-state index contributed by atoms with van der Waals surface area (Å²) in [6.07, 6.45) is 1.53. The molecular weight excluding hydrogens is 470 g/mol. The summed E-state index contributed by atoms with van der Waals surface area (Å²) in [5.41, 5.74) is 1.56. The monoisotopic (exact) mass is 485 g/mol. The number of furan rings is 1. The van der Waals surface area contributed by atoms with Crippen LogP contribution in [0.3, 0.4) is 0 Å². The van der Waals surface area contributed by atoms with Gasteiger partial charge in [0.25, 0.3) is 5.91 Å². The first kappa shape index (κ1) is 22.5. The van der Waals surface area contributed by atoms with Gasteiger partial charge in [0.2, 0.25) is 10.0 Å². The number of primary sulfonamides is 1. The Hall–Kier alpha value is -3.73. The standard InChI is InChI=1S/C22H16ClN3O6S/c1-12-17(21(27)26(25-12)14-3-6-16(7-4-14)33(24,30)31)11-15-5-9-20(32-15)13-2-8-19(23)18(10-13)22(28)29/h2-11H,1H3,(H,28,29)(H2,24,30,31)/b17-11+. The number of aromatic carboxylic acids is 1. The summed E-state index contributed by atoms with van der Waals surface area (Å²) in [4.78, 5) is 24.1. The van der Waals surface area contributed by atoms with Crippen LogP contribution < -0.4 is 10.1 Å². The van der Waals surface area contributed by atoms with Gasteiger partial charge in [-0.1, -0.05) is 11.6 Å². The minimum Gasteiger partial charge on any atom is -0.478 e. The second kappa shape index (κ2) is 8.32. The van der Waals surface area contributed by atoms with Crippen LogP contribution in [0.25, 0.3) is 17.4 Å². The van der Waals surface area contributed by atoms with E-state index in [9.17, 15) is 23.1 Å². The van der Waals surface area contributed by atoms with Crippen LogP contribution in [0.4, 0.5) is 5.69 Å². The zero-order chi connectivity index (χ0) is 23.9. The first-order valence-corrected chi connectivity index (χ1v) is 11.3. The number of amides is 1. The lowest BCUT2D eigenvalue weighted by Gasteiger charge is -2.11. The summed E-state index contributed by atoms with van der Waals surface area (Å²) in [5, 5.41) is 19.9. The average molecular weight is 486 g/mol. The normalized spacial score (nSPS) is 15.2. The summed E-state index contributed by atoms with van der Waals surface area (Å²) >= 11 is 5.91. The van der Waals surface area contributed by atoms with Crippen LogP contribution in [-0.2, 0) is 14.8 Å². The van der Waals surface area contributed by atoms with Gasteiger partial charge in [0.05, 0.1) is 32.5 Å². The van der Waals surface area contributed by atoms with Crippen LogP contribution in [0.5, 0.6) is 0 Å². The lowest BCUT2D eigenvalue weighted by Crippen LogP contribution is -2.21. The van der Waals surface area contributed by atoms with Crippen molar-refractivity contribution in [2.24, 2.45) is 10.2 Å². The molecule has 9 nitrogen and oxygen atoms in total. The fourth-order valence-corrected chi connectivity index (χ4v) is 3.92. The summed E-state index contributed by atoms with van der Waals surface area (Å²) < 4.78 is 28.6.